The van der Waals surface area contributed by atoms with Gasteiger partial charge < -0.3 is 33.7 Å². The third-order valence-corrected chi connectivity index (χ3v) is 17.7. The molecule has 4 aliphatic heterocycles. The van der Waals surface area contributed by atoms with Crippen molar-refractivity contribution in [3.05, 3.63) is 0 Å². The minimum absolute atomic E-state index is 0.0150. The summed E-state index contributed by atoms with van der Waals surface area (Å²) in [5.74, 6) is 1.98. The Balaban J connectivity index is 0.935. The number of morpholine rings is 1. The summed E-state index contributed by atoms with van der Waals surface area (Å²) in [5.41, 5.74) is 0.539. The predicted octanol–water partition coefficient (Wildman–Crippen LogP) is 6.11. The number of ether oxygens (including phenoxy) is 5. The lowest BCUT2D eigenvalue weighted by molar-refractivity contribution is -0.256. The molecule has 9 heteroatoms. The Morgan fingerprint density at radius 2 is 1.70 bits per heavy atom. The number of likely N-dealkylation sites (tertiary alicyclic amines) is 1. The average Bonchev–Trinajstić information content (AvgIpc) is 3.64. The molecule has 0 aromatic rings. The highest BCUT2D eigenvalue weighted by Crippen LogP contribution is 2.89. The maximum absolute atomic E-state index is 13.0. The Hall–Kier alpha value is -0.970. The summed E-state index contributed by atoms with van der Waals surface area (Å²) in [4.78, 5) is 17.3. The van der Waals surface area contributed by atoms with Gasteiger partial charge in [0.15, 0.2) is 6.29 Å². The van der Waals surface area contributed by atoms with Gasteiger partial charge in [-0.2, -0.15) is 0 Å². The SMILES string of the molecule is CC(C)[C@@H](OC(=O)N1CCC1)[C@H]1C[C@@H](C)[C@H]2[C@H](O1)[C@H](O)[C@@]1(C)[C@@H]3CC[C@H]4C(C)(C)[C@@H](O[C@H]5CN(C6COC6)CCO5)CC[C@@]45C[C@@]35CC[C@]21C. The van der Waals surface area contributed by atoms with Gasteiger partial charge in [-0.25, -0.2) is 4.79 Å². The highest BCUT2D eigenvalue weighted by Gasteiger charge is 2.84. The van der Waals surface area contributed by atoms with Gasteiger partial charge in [0.25, 0.3) is 0 Å². The number of hydrogen-bond donors (Lipinski definition) is 1. The highest BCUT2D eigenvalue weighted by molar-refractivity contribution is 5.68. The molecule has 5 saturated carbocycles. The van der Waals surface area contributed by atoms with Crippen LogP contribution in [-0.2, 0) is 23.7 Å². The zero-order valence-corrected chi connectivity index (χ0v) is 32.0. The molecule has 9 nitrogen and oxygen atoms in total. The molecule has 5 aliphatic carbocycles. The molecule has 4 heterocycles. The molecule has 9 rings (SSSR count). The van der Waals surface area contributed by atoms with Crippen molar-refractivity contribution >= 4 is 6.09 Å². The van der Waals surface area contributed by atoms with Crippen LogP contribution in [0.4, 0.5) is 4.79 Å². The summed E-state index contributed by atoms with van der Waals surface area (Å²) in [5, 5.41) is 12.7. The third-order valence-electron chi connectivity index (χ3n) is 17.7. The highest BCUT2D eigenvalue weighted by atomic mass is 16.7. The minimum atomic E-state index is -0.516. The smallest absolute Gasteiger partial charge is 0.410 e. The fourth-order valence-electron chi connectivity index (χ4n) is 14.8. The average molecular weight is 699 g/mol. The minimum Gasteiger partial charge on any atom is -0.443 e. The summed E-state index contributed by atoms with van der Waals surface area (Å²) in [7, 11) is 0. The van der Waals surface area contributed by atoms with Crippen molar-refractivity contribution in [3.8, 4) is 0 Å². The van der Waals surface area contributed by atoms with Crippen LogP contribution in [0.2, 0.25) is 0 Å². The van der Waals surface area contributed by atoms with E-state index in [4.69, 9.17) is 23.7 Å². The Morgan fingerprint density at radius 3 is 2.38 bits per heavy atom. The van der Waals surface area contributed by atoms with Gasteiger partial charge in [0.2, 0.25) is 0 Å². The van der Waals surface area contributed by atoms with Crippen molar-refractivity contribution in [2.75, 3.05) is 46.0 Å². The van der Waals surface area contributed by atoms with E-state index in [9.17, 15) is 9.90 Å². The summed E-state index contributed by atoms with van der Waals surface area (Å²) in [6.07, 6.45) is 9.04. The lowest BCUT2D eigenvalue weighted by Gasteiger charge is -2.64. The molecule has 9 aliphatic rings. The van der Waals surface area contributed by atoms with Crippen molar-refractivity contribution in [3.63, 3.8) is 0 Å². The monoisotopic (exact) mass is 698 g/mol. The molecule has 282 valence electrons. The Kier molecular flexibility index (Phi) is 8.18. The van der Waals surface area contributed by atoms with Gasteiger partial charge in [0.1, 0.15) is 6.10 Å². The standard InChI is InChI=1S/C41H66N2O7/c1-24(2)33(50-36(45)42-15-8-16-42)27-19-25(3)32-34(48-27)35(44)39(7)29-10-9-28-37(4,5)30(49-31-20-43(17-18-47-31)26-21-46-22-26)11-12-40(28)23-41(29,40)14-13-38(32,39)6/h24-35,44H,8-23H2,1-7H3/t25-,27-,28+,29+,30+,31+,32+,33-,34+,35+,38-,39-,40-,41+/m1/s1. The molecule has 4 saturated heterocycles. The van der Waals surface area contributed by atoms with Crippen molar-refractivity contribution in [2.45, 2.75) is 149 Å². The fraction of sp³-hybridized carbons (Fsp3) is 0.976. The Morgan fingerprint density at radius 1 is 0.960 bits per heavy atom. The van der Waals surface area contributed by atoms with Gasteiger partial charge in [0, 0.05) is 25.0 Å². The first-order chi connectivity index (χ1) is 23.8. The number of aliphatic hydroxyl groups excluding tert-OH is 1. The quantitative estimate of drug-likeness (QED) is 0.356. The van der Waals surface area contributed by atoms with E-state index >= 15 is 0 Å². The van der Waals surface area contributed by atoms with E-state index < -0.39 is 6.10 Å². The fourth-order valence-corrected chi connectivity index (χ4v) is 14.8. The second kappa shape index (κ2) is 11.8. The van der Waals surface area contributed by atoms with Crippen molar-refractivity contribution in [1.82, 2.24) is 9.80 Å². The summed E-state index contributed by atoms with van der Waals surface area (Å²) >= 11 is 0. The first-order valence-electron chi connectivity index (χ1n) is 20.6. The predicted molar refractivity (Wildman–Crippen MR) is 188 cm³/mol. The van der Waals surface area contributed by atoms with Gasteiger partial charge in [0.05, 0.1) is 56.8 Å². The van der Waals surface area contributed by atoms with E-state index in [1.54, 1.807) is 4.90 Å². The van der Waals surface area contributed by atoms with Crippen molar-refractivity contribution in [2.24, 2.45) is 56.7 Å². The van der Waals surface area contributed by atoms with Gasteiger partial charge in [-0.3, -0.25) is 4.90 Å². The van der Waals surface area contributed by atoms with E-state index in [2.05, 4.69) is 53.4 Å². The van der Waals surface area contributed by atoms with Crippen LogP contribution in [0.3, 0.4) is 0 Å². The molecule has 14 atom stereocenters. The molecular weight excluding hydrogens is 632 g/mol. The van der Waals surface area contributed by atoms with E-state index in [1.165, 1.54) is 38.5 Å². The third kappa shape index (κ3) is 4.61. The van der Waals surface area contributed by atoms with Gasteiger partial charge in [-0.1, -0.05) is 48.5 Å². The molecule has 0 aromatic heterocycles. The number of amides is 1. The summed E-state index contributed by atoms with van der Waals surface area (Å²) in [6.45, 7) is 22.5. The second-order valence-corrected chi connectivity index (χ2v) is 20.1. The number of nitrogens with zero attached hydrogens (tertiary/aromatic N) is 2. The zero-order chi connectivity index (χ0) is 35.0. The van der Waals surface area contributed by atoms with Crippen molar-refractivity contribution in [1.29, 1.82) is 0 Å². The van der Waals surface area contributed by atoms with Crippen LogP contribution in [-0.4, -0.2) is 110 Å². The first-order valence-corrected chi connectivity index (χ1v) is 20.6. The lowest BCUT2D eigenvalue weighted by Crippen LogP contribution is -2.60. The van der Waals surface area contributed by atoms with Crippen LogP contribution < -0.4 is 0 Å². The van der Waals surface area contributed by atoms with Gasteiger partial charge in [-0.05, 0) is 109 Å². The molecule has 0 bridgehead atoms. The van der Waals surface area contributed by atoms with Crippen LogP contribution >= 0.6 is 0 Å². The van der Waals surface area contributed by atoms with Crippen LogP contribution in [0, 0.1) is 56.7 Å². The number of hydrogen-bond acceptors (Lipinski definition) is 8. The molecule has 0 unspecified atom stereocenters. The molecule has 9 fully saturated rings. The molecule has 0 radical (unpaired) electrons. The molecule has 0 aromatic carbocycles. The first kappa shape index (κ1) is 34.8. The molecule has 1 N–H and O–H groups in total. The number of carbonyl (C=O) groups is 1. The number of aliphatic hydroxyl groups is 1. The van der Waals surface area contributed by atoms with Crippen molar-refractivity contribution < 1.29 is 33.6 Å². The molecule has 2 spiro atoms. The molecule has 1 amide bonds. The van der Waals surface area contributed by atoms with E-state index in [1.807, 2.05) is 0 Å². The summed E-state index contributed by atoms with van der Waals surface area (Å²) < 4.78 is 31.9. The van der Waals surface area contributed by atoms with E-state index in [-0.39, 0.29) is 59.0 Å². The molecule has 50 heavy (non-hydrogen) atoms. The topological polar surface area (TPSA) is 89.9 Å². The normalized spacial score (nSPS) is 51.6. The van der Waals surface area contributed by atoms with Crippen LogP contribution in [0.1, 0.15) is 106 Å². The lowest BCUT2D eigenvalue weighted by atomic mass is 9.41. The summed E-state index contributed by atoms with van der Waals surface area (Å²) in [6, 6.07) is 0.519. The van der Waals surface area contributed by atoms with Crippen LogP contribution in [0.25, 0.3) is 0 Å². The second-order valence-electron chi connectivity index (χ2n) is 20.1. The van der Waals surface area contributed by atoms with E-state index in [0.29, 0.717) is 40.5 Å². The maximum Gasteiger partial charge on any atom is 0.410 e. The largest absolute Gasteiger partial charge is 0.443 e. The van der Waals surface area contributed by atoms with Crippen LogP contribution in [0.15, 0.2) is 0 Å². The van der Waals surface area contributed by atoms with Crippen LogP contribution in [0.5, 0.6) is 0 Å². The number of fused-ring (bicyclic) bond motifs is 4. The molecular formula is C41H66N2O7. The van der Waals surface area contributed by atoms with Gasteiger partial charge in [-0.15, -0.1) is 0 Å². The van der Waals surface area contributed by atoms with Gasteiger partial charge >= 0.3 is 6.09 Å². The number of carbonyl (C=O) groups excluding carboxylic acids is 1. The number of rotatable bonds is 6. The Labute approximate surface area is 300 Å². The zero-order valence-electron chi connectivity index (χ0n) is 32.0. The van der Waals surface area contributed by atoms with E-state index in [0.717, 1.165) is 65.3 Å². The maximum atomic E-state index is 13.0. The Bertz CT molecular complexity index is 1340.